The predicted octanol–water partition coefficient (Wildman–Crippen LogP) is 0.616. The second-order valence-corrected chi connectivity index (χ2v) is 4.51. The number of amides is 1. The van der Waals surface area contributed by atoms with Gasteiger partial charge in [0.25, 0.3) is 5.91 Å². The van der Waals surface area contributed by atoms with E-state index in [1.807, 2.05) is 0 Å². The van der Waals surface area contributed by atoms with E-state index in [1.165, 1.54) is 12.3 Å². The Morgan fingerprint density at radius 2 is 2.53 bits per heavy atom. The number of hydrogen-bond donors (Lipinski definition) is 2. The zero-order valence-electron chi connectivity index (χ0n) is 9.15. The van der Waals surface area contributed by atoms with Crippen LogP contribution in [0.2, 0.25) is 5.02 Å². The average Bonchev–Trinajstić information content (AvgIpc) is 2.74. The van der Waals surface area contributed by atoms with Gasteiger partial charge in [-0.2, -0.15) is 0 Å². The van der Waals surface area contributed by atoms with Crippen LogP contribution in [0.25, 0.3) is 0 Å². The molecule has 1 aliphatic rings. The molecule has 0 unspecified atom stereocenters. The summed E-state index contributed by atoms with van der Waals surface area (Å²) in [6.45, 7) is 0.915. The molecule has 1 aromatic rings. The van der Waals surface area contributed by atoms with Crippen LogP contribution < -0.4 is 5.32 Å². The second-order valence-electron chi connectivity index (χ2n) is 4.07. The number of aromatic nitrogens is 1. The number of carbonyl (C=O) groups excluding carboxylic acids is 1. The smallest absolute Gasteiger partial charge is 0.270 e. The monoisotopic (exact) mass is 256 g/mol. The Bertz CT molecular complexity index is 419. The van der Waals surface area contributed by atoms with Gasteiger partial charge in [-0.3, -0.25) is 9.78 Å². The molecule has 5 nitrogen and oxygen atoms in total. The fraction of sp³-hybridized carbons (Fsp3) is 0.455. The van der Waals surface area contributed by atoms with Crippen LogP contribution in [0, 0.1) is 0 Å². The van der Waals surface area contributed by atoms with E-state index in [0.29, 0.717) is 18.1 Å². The van der Waals surface area contributed by atoms with E-state index < -0.39 is 5.60 Å². The van der Waals surface area contributed by atoms with Gasteiger partial charge in [0.1, 0.15) is 11.3 Å². The summed E-state index contributed by atoms with van der Waals surface area (Å²) in [5.41, 5.74) is -0.728. The van der Waals surface area contributed by atoms with Gasteiger partial charge in [0, 0.05) is 30.8 Å². The van der Waals surface area contributed by atoms with Crippen LogP contribution >= 0.6 is 11.6 Å². The molecule has 2 N–H and O–H groups in total. The number of aliphatic hydroxyl groups is 1. The lowest BCUT2D eigenvalue weighted by Crippen LogP contribution is -2.43. The molecule has 1 amide bonds. The molecule has 2 rings (SSSR count). The zero-order chi connectivity index (χ0) is 12.3. The Balaban J connectivity index is 1.93. The van der Waals surface area contributed by atoms with Gasteiger partial charge in [-0.05, 0) is 12.1 Å². The molecular weight excluding hydrogens is 244 g/mol. The summed E-state index contributed by atoms with van der Waals surface area (Å²) >= 11 is 5.75. The summed E-state index contributed by atoms with van der Waals surface area (Å²) in [5.74, 6) is -0.354. The highest BCUT2D eigenvalue weighted by molar-refractivity contribution is 6.30. The van der Waals surface area contributed by atoms with Gasteiger partial charge in [-0.25, -0.2) is 0 Å². The van der Waals surface area contributed by atoms with Crippen LogP contribution in [0.1, 0.15) is 16.9 Å². The Morgan fingerprint density at radius 3 is 3.18 bits per heavy atom. The molecule has 0 saturated carbocycles. The third kappa shape index (κ3) is 3.15. The van der Waals surface area contributed by atoms with E-state index in [1.54, 1.807) is 6.07 Å². The van der Waals surface area contributed by atoms with Crippen molar-refractivity contribution in [3.05, 3.63) is 29.0 Å². The van der Waals surface area contributed by atoms with Crippen molar-refractivity contribution in [3.63, 3.8) is 0 Å². The molecule has 1 aliphatic heterocycles. The quantitative estimate of drug-likeness (QED) is 0.832. The van der Waals surface area contributed by atoms with Crippen LogP contribution in [-0.2, 0) is 4.74 Å². The first-order chi connectivity index (χ1) is 8.09. The van der Waals surface area contributed by atoms with Crippen molar-refractivity contribution in [2.75, 3.05) is 19.8 Å². The molecule has 0 spiro atoms. The lowest BCUT2D eigenvalue weighted by molar-refractivity contribution is 0.0264. The maximum Gasteiger partial charge on any atom is 0.270 e. The fourth-order valence-corrected chi connectivity index (χ4v) is 1.76. The molecule has 1 atom stereocenters. The minimum Gasteiger partial charge on any atom is -0.386 e. The number of nitrogens with one attached hydrogen (secondary N) is 1. The van der Waals surface area contributed by atoms with E-state index in [0.717, 1.165) is 0 Å². The Morgan fingerprint density at radius 1 is 1.71 bits per heavy atom. The maximum atomic E-state index is 11.7. The molecule has 92 valence electrons. The summed E-state index contributed by atoms with van der Waals surface area (Å²) in [7, 11) is 0. The van der Waals surface area contributed by atoms with Crippen molar-refractivity contribution in [3.8, 4) is 0 Å². The predicted molar refractivity (Wildman–Crippen MR) is 62.0 cm³/mol. The largest absolute Gasteiger partial charge is 0.386 e. The molecule has 0 aromatic carbocycles. The van der Waals surface area contributed by atoms with Crippen LogP contribution in [0.5, 0.6) is 0 Å². The minimum absolute atomic E-state index is 0.153. The molecular formula is C11H13ClN2O3. The molecule has 17 heavy (non-hydrogen) atoms. The molecule has 0 aliphatic carbocycles. The van der Waals surface area contributed by atoms with Crippen molar-refractivity contribution in [1.29, 1.82) is 0 Å². The van der Waals surface area contributed by atoms with E-state index in [2.05, 4.69) is 10.3 Å². The Labute approximate surface area is 104 Å². The molecule has 1 fully saturated rings. The van der Waals surface area contributed by atoms with E-state index in [9.17, 15) is 9.90 Å². The summed E-state index contributed by atoms with van der Waals surface area (Å²) in [6.07, 6.45) is 1.99. The Hall–Kier alpha value is -1.17. The fourth-order valence-electron chi connectivity index (χ4n) is 1.60. The topological polar surface area (TPSA) is 71.5 Å². The highest BCUT2D eigenvalue weighted by atomic mass is 35.5. The molecule has 2 heterocycles. The van der Waals surface area contributed by atoms with E-state index >= 15 is 0 Å². The number of ether oxygens (including phenoxy) is 1. The number of halogens is 1. The summed E-state index contributed by atoms with van der Waals surface area (Å²) < 4.78 is 5.08. The first kappa shape index (κ1) is 12.3. The molecule has 0 radical (unpaired) electrons. The zero-order valence-corrected chi connectivity index (χ0v) is 9.91. The van der Waals surface area contributed by atoms with Crippen LogP contribution in [0.4, 0.5) is 0 Å². The van der Waals surface area contributed by atoms with Crippen LogP contribution in [0.3, 0.4) is 0 Å². The third-order valence-corrected chi connectivity index (χ3v) is 2.85. The third-order valence-electron chi connectivity index (χ3n) is 2.62. The SMILES string of the molecule is O=C(NC[C@]1(O)CCOC1)c1cc(Cl)ccn1. The van der Waals surface area contributed by atoms with Gasteiger partial charge >= 0.3 is 0 Å². The van der Waals surface area contributed by atoms with Crippen molar-refractivity contribution >= 4 is 17.5 Å². The highest BCUT2D eigenvalue weighted by Gasteiger charge is 2.32. The highest BCUT2D eigenvalue weighted by Crippen LogP contribution is 2.17. The standard InChI is InChI=1S/C11H13ClN2O3/c12-8-1-3-13-9(5-8)10(15)14-6-11(16)2-4-17-7-11/h1,3,5,16H,2,4,6-7H2,(H,14,15)/t11-/m1/s1. The lowest BCUT2D eigenvalue weighted by Gasteiger charge is -2.20. The normalized spacial score (nSPS) is 23.6. The summed E-state index contributed by atoms with van der Waals surface area (Å²) in [5, 5.41) is 13.0. The van der Waals surface area contributed by atoms with Gasteiger partial charge in [-0.15, -0.1) is 0 Å². The average molecular weight is 257 g/mol. The van der Waals surface area contributed by atoms with Gasteiger partial charge in [0.05, 0.1) is 6.61 Å². The number of nitrogens with zero attached hydrogens (tertiary/aromatic N) is 1. The summed E-state index contributed by atoms with van der Waals surface area (Å²) in [4.78, 5) is 15.6. The molecule has 6 heteroatoms. The van der Waals surface area contributed by atoms with E-state index in [4.69, 9.17) is 16.3 Å². The molecule has 0 bridgehead atoms. The first-order valence-corrected chi connectivity index (χ1v) is 5.67. The molecule has 1 saturated heterocycles. The van der Waals surface area contributed by atoms with E-state index in [-0.39, 0.29) is 24.8 Å². The van der Waals surface area contributed by atoms with Gasteiger partial charge < -0.3 is 15.2 Å². The number of carbonyl (C=O) groups is 1. The number of hydrogen-bond acceptors (Lipinski definition) is 4. The van der Waals surface area contributed by atoms with Gasteiger partial charge in [-0.1, -0.05) is 11.6 Å². The molecule has 1 aromatic heterocycles. The number of rotatable bonds is 3. The van der Waals surface area contributed by atoms with Crippen molar-refractivity contribution in [2.24, 2.45) is 0 Å². The first-order valence-electron chi connectivity index (χ1n) is 5.29. The minimum atomic E-state index is -0.964. The van der Waals surface area contributed by atoms with Gasteiger partial charge in [0.2, 0.25) is 0 Å². The van der Waals surface area contributed by atoms with Crippen molar-refractivity contribution in [2.45, 2.75) is 12.0 Å². The van der Waals surface area contributed by atoms with Crippen LogP contribution in [-0.4, -0.2) is 41.4 Å². The van der Waals surface area contributed by atoms with Gasteiger partial charge in [0.15, 0.2) is 0 Å². The second kappa shape index (κ2) is 5.00. The Kier molecular flexibility index (Phi) is 3.61. The summed E-state index contributed by atoms with van der Waals surface area (Å²) in [6, 6.07) is 3.07. The van der Waals surface area contributed by atoms with Crippen molar-refractivity contribution in [1.82, 2.24) is 10.3 Å². The maximum absolute atomic E-state index is 11.7. The van der Waals surface area contributed by atoms with Crippen molar-refractivity contribution < 1.29 is 14.6 Å². The van der Waals surface area contributed by atoms with Crippen LogP contribution in [0.15, 0.2) is 18.3 Å². The lowest BCUT2D eigenvalue weighted by atomic mass is 10.0. The number of pyridine rings is 1.